The van der Waals surface area contributed by atoms with Crippen LogP contribution in [0.4, 0.5) is 0 Å². The molecule has 1 fully saturated rings. The highest BCUT2D eigenvalue weighted by Crippen LogP contribution is 2.30. The van der Waals surface area contributed by atoms with Crippen molar-refractivity contribution in [2.45, 2.75) is 25.4 Å². The van der Waals surface area contributed by atoms with E-state index in [2.05, 4.69) is 17.4 Å². The number of hydrogen-bond donors (Lipinski definition) is 1. The summed E-state index contributed by atoms with van der Waals surface area (Å²) in [6.07, 6.45) is 4.30. The molecule has 4 heteroatoms. The minimum absolute atomic E-state index is 0.0103. The third-order valence-electron chi connectivity index (χ3n) is 4.44. The first-order valence-corrected chi connectivity index (χ1v) is 8.07. The molecule has 0 bridgehead atoms. The Balaban J connectivity index is 1.56. The Morgan fingerprint density at radius 1 is 1.22 bits per heavy atom. The van der Waals surface area contributed by atoms with Crippen LogP contribution in [0.1, 0.15) is 18.4 Å². The number of amides is 1. The van der Waals surface area contributed by atoms with Crippen molar-refractivity contribution in [3.05, 3.63) is 48.2 Å². The Bertz CT molecular complexity index is 846. The number of benzene rings is 2. The quantitative estimate of drug-likeness (QED) is 0.803. The van der Waals surface area contributed by atoms with Crippen LogP contribution in [0.15, 0.2) is 47.1 Å². The number of furan rings is 1. The zero-order chi connectivity index (χ0) is 15.6. The number of rotatable bonds is 4. The number of carbonyl (C=O) groups excluding carboxylic acids is 1. The molecule has 0 unspecified atom stereocenters. The second-order valence-corrected chi connectivity index (χ2v) is 6.04. The molecule has 0 saturated carbocycles. The Morgan fingerprint density at radius 3 is 3.00 bits per heavy atom. The van der Waals surface area contributed by atoms with Gasteiger partial charge in [-0.1, -0.05) is 30.3 Å². The maximum atomic E-state index is 12.2. The minimum atomic E-state index is 0.0103. The largest absolute Gasteiger partial charge is 0.464 e. The van der Waals surface area contributed by atoms with Crippen LogP contribution in [-0.2, 0) is 16.0 Å². The minimum Gasteiger partial charge on any atom is -0.464 e. The summed E-state index contributed by atoms with van der Waals surface area (Å²) in [5.41, 5.74) is 1.76. The maximum Gasteiger partial charge on any atom is 0.224 e. The first-order valence-electron chi connectivity index (χ1n) is 8.07. The predicted octanol–water partition coefficient (Wildman–Crippen LogP) is 3.42. The SMILES string of the molecule is O=C(Cc1coc2ccc3ccccc3c12)NC[C@H]1CCCO1. The molecule has 1 aromatic heterocycles. The van der Waals surface area contributed by atoms with Crippen LogP contribution < -0.4 is 5.32 Å². The second kappa shape index (κ2) is 6.05. The monoisotopic (exact) mass is 309 g/mol. The second-order valence-electron chi connectivity index (χ2n) is 6.04. The van der Waals surface area contributed by atoms with Gasteiger partial charge in [0, 0.05) is 24.1 Å². The highest BCUT2D eigenvalue weighted by atomic mass is 16.5. The maximum absolute atomic E-state index is 12.2. The van der Waals surface area contributed by atoms with Gasteiger partial charge in [-0.15, -0.1) is 0 Å². The van der Waals surface area contributed by atoms with E-state index in [1.807, 2.05) is 24.3 Å². The van der Waals surface area contributed by atoms with Crippen LogP contribution in [-0.4, -0.2) is 25.2 Å². The van der Waals surface area contributed by atoms with Crippen molar-refractivity contribution in [1.82, 2.24) is 5.32 Å². The lowest BCUT2D eigenvalue weighted by Gasteiger charge is -2.10. The average Bonchev–Trinajstić information content (AvgIpc) is 3.23. The Hall–Kier alpha value is -2.33. The Labute approximate surface area is 134 Å². The van der Waals surface area contributed by atoms with Crippen LogP contribution in [0, 0.1) is 0 Å². The van der Waals surface area contributed by atoms with Crippen molar-refractivity contribution in [2.75, 3.05) is 13.2 Å². The van der Waals surface area contributed by atoms with E-state index >= 15 is 0 Å². The van der Waals surface area contributed by atoms with Crippen molar-refractivity contribution >= 4 is 27.6 Å². The average molecular weight is 309 g/mol. The highest BCUT2D eigenvalue weighted by molar-refractivity contribution is 6.08. The lowest BCUT2D eigenvalue weighted by molar-refractivity contribution is -0.120. The molecule has 4 rings (SSSR count). The zero-order valence-corrected chi connectivity index (χ0v) is 12.9. The Kier molecular flexibility index (Phi) is 3.75. The summed E-state index contributed by atoms with van der Waals surface area (Å²) in [5.74, 6) is 0.0103. The molecule has 1 atom stereocenters. The lowest BCUT2D eigenvalue weighted by Crippen LogP contribution is -2.32. The third-order valence-corrected chi connectivity index (χ3v) is 4.44. The van der Waals surface area contributed by atoms with Crippen molar-refractivity contribution in [2.24, 2.45) is 0 Å². The van der Waals surface area contributed by atoms with Crippen LogP contribution in [0.25, 0.3) is 21.7 Å². The van der Waals surface area contributed by atoms with Gasteiger partial charge in [0.05, 0.1) is 18.8 Å². The molecule has 1 aliphatic heterocycles. The van der Waals surface area contributed by atoms with Crippen LogP contribution in [0.2, 0.25) is 0 Å². The molecule has 0 spiro atoms. The molecule has 4 nitrogen and oxygen atoms in total. The highest BCUT2D eigenvalue weighted by Gasteiger charge is 2.17. The summed E-state index contributed by atoms with van der Waals surface area (Å²) in [6, 6.07) is 12.2. The number of ether oxygens (including phenoxy) is 1. The van der Waals surface area contributed by atoms with E-state index in [1.165, 1.54) is 0 Å². The van der Waals surface area contributed by atoms with Crippen LogP contribution in [0.5, 0.6) is 0 Å². The van der Waals surface area contributed by atoms with E-state index in [9.17, 15) is 4.79 Å². The molecule has 3 aromatic rings. The Morgan fingerprint density at radius 2 is 2.13 bits per heavy atom. The summed E-state index contributed by atoms with van der Waals surface area (Å²) in [4.78, 5) is 12.2. The molecule has 23 heavy (non-hydrogen) atoms. The smallest absolute Gasteiger partial charge is 0.224 e. The predicted molar refractivity (Wildman–Crippen MR) is 89.4 cm³/mol. The van der Waals surface area contributed by atoms with Gasteiger partial charge in [0.2, 0.25) is 5.91 Å². The van der Waals surface area contributed by atoms with Gasteiger partial charge in [-0.05, 0) is 29.7 Å². The fourth-order valence-electron chi connectivity index (χ4n) is 3.27. The normalized spacial score (nSPS) is 17.8. The molecule has 1 aliphatic rings. The van der Waals surface area contributed by atoms with Gasteiger partial charge in [0.25, 0.3) is 0 Å². The molecule has 2 aromatic carbocycles. The lowest BCUT2D eigenvalue weighted by atomic mass is 10.0. The zero-order valence-electron chi connectivity index (χ0n) is 12.9. The van der Waals surface area contributed by atoms with E-state index in [0.29, 0.717) is 13.0 Å². The fraction of sp³-hybridized carbons (Fsp3) is 0.316. The van der Waals surface area contributed by atoms with Crippen LogP contribution in [0.3, 0.4) is 0 Å². The standard InChI is InChI=1S/C19H19NO3/c21-18(20-11-15-5-3-9-22-15)10-14-12-23-17-8-7-13-4-1-2-6-16(13)19(14)17/h1-2,4,6-8,12,15H,3,5,9-11H2,(H,20,21)/t15-/m1/s1. The topological polar surface area (TPSA) is 51.5 Å². The van der Waals surface area contributed by atoms with E-state index < -0.39 is 0 Å². The first-order chi connectivity index (χ1) is 11.3. The molecule has 118 valence electrons. The van der Waals surface area contributed by atoms with Gasteiger partial charge in [-0.25, -0.2) is 0 Å². The molecule has 1 N–H and O–H groups in total. The molecular formula is C19H19NO3. The van der Waals surface area contributed by atoms with Gasteiger partial charge in [-0.2, -0.15) is 0 Å². The molecule has 0 radical (unpaired) electrons. The summed E-state index contributed by atoms with van der Waals surface area (Å²) in [6.45, 7) is 1.40. The molecular weight excluding hydrogens is 290 g/mol. The summed E-state index contributed by atoms with van der Waals surface area (Å²) in [5, 5.41) is 6.29. The van der Waals surface area contributed by atoms with Crippen molar-refractivity contribution in [1.29, 1.82) is 0 Å². The van der Waals surface area contributed by atoms with Gasteiger partial charge >= 0.3 is 0 Å². The van der Waals surface area contributed by atoms with Crippen LogP contribution >= 0.6 is 0 Å². The fourth-order valence-corrected chi connectivity index (χ4v) is 3.27. The van der Waals surface area contributed by atoms with Gasteiger partial charge in [0.15, 0.2) is 0 Å². The van der Waals surface area contributed by atoms with Gasteiger partial charge in [0.1, 0.15) is 5.58 Å². The number of carbonyl (C=O) groups is 1. The summed E-state index contributed by atoms with van der Waals surface area (Å²) in [7, 11) is 0. The molecule has 1 saturated heterocycles. The van der Waals surface area contributed by atoms with Gasteiger partial charge in [-0.3, -0.25) is 4.79 Å². The molecule has 0 aliphatic carbocycles. The van der Waals surface area contributed by atoms with E-state index in [0.717, 1.165) is 46.8 Å². The molecule has 1 amide bonds. The van der Waals surface area contributed by atoms with Crippen molar-refractivity contribution in [3.63, 3.8) is 0 Å². The van der Waals surface area contributed by atoms with E-state index in [-0.39, 0.29) is 12.0 Å². The van der Waals surface area contributed by atoms with Crippen molar-refractivity contribution < 1.29 is 13.9 Å². The first kappa shape index (κ1) is 14.3. The van der Waals surface area contributed by atoms with E-state index in [1.54, 1.807) is 6.26 Å². The van der Waals surface area contributed by atoms with Crippen molar-refractivity contribution in [3.8, 4) is 0 Å². The number of hydrogen-bond acceptors (Lipinski definition) is 3. The third kappa shape index (κ3) is 2.82. The molecule has 2 heterocycles. The summed E-state index contributed by atoms with van der Waals surface area (Å²) >= 11 is 0. The number of nitrogens with one attached hydrogen (secondary N) is 1. The number of fused-ring (bicyclic) bond motifs is 3. The van der Waals surface area contributed by atoms with Gasteiger partial charge < -0.3 is 14.5 Å². The van der Waals surface area contributed by atoms with E-state index in [4.69, 9.17) is 9.15 Å². The summed E-state index contributed by atoms with van der Waals surface area (Å²) < 4.78 is 11.2.